The molecule has 0 heterocycles. The van der Waals surface area contributed by atoms with Gasteiger partial charge in [0.25, 0.3) is 0 Å². The summed E-state index contributed by atoms with van der Waals surface area (Å²) in [5.74, 6) is 0. The fourth-order valence-electron chi connectivity index (χ4n) is 12.0. The molecule has 0 aliphatic heterocycles. The van der Waals surface area contributed by atoms with Gasteiger partial charge in [0.15, 0.2) is 0 Å². The van der Waals surface area contributed by atoms with Crippen LogP contribution in [-0.2, 0) is 10.8 Å². The van der Waals surface area contributed by atoms with Gasteiger partial charge in [-0.2, -0.15) is 0 Å². The molecule has 11 aromatic rings. The van der Waals surface area contributed by atoms with Crippen LogP contribution in [0.2, 0.25) is 0 Å². The summed E-state index contributed by atoms with van der Waals surface area (Å²) in [5.41, 5.74) is 23.3. The molecule has 0 bridgehead atoms. The first-order chi connectivity index (χ1) is 32.3. The summed E-state index contributed by atoms with van der Waals surface area (Å²) in [6.45, 7) is 9.61. The lowest BCUT2D eigenvalue weighted by Gasteiger charge is -2.24. The van der Waals surface area contributed by atoms with E-state index in [4.69, 9.17) is 0 Å². The third-order valence-electron chi connectivity index (χ3n) is 15.3. The average Bonchev–Trinajstić information content (AvgIpc) is 3.73. The van der Waals surface area contributed by atoms with Gasteiger partial charge in [-0.05, 0) is 157 Å². The maximum Gasteiger partial charge on any atom is 0.0159 e. The Bertz CT molecular complexity index is 3790. The third kappa shape index (κ3) is 5.58. The molecule has 0 heteroatoms. The molecule has 0 amide bonds. The van der Waals surface area contributed by atoms with Gasteiger partial charge >= 0.3 is 0 Å². The van der Waals surface area contributed by atoms with Crippen LogP contribution in [0.3, 0.4) is 0 Å². The maximum atomic E-state index is 2.52. The molecule has 13 rings (SSSR count). The van der Waals surface area contributed by atoms with E-state index in [0.29, 0.717) is 0 Å². The van der Waals surface area contributed by atoms with Crippen molar-refractivity contribution in [3.8, 4) is 77.9 Å². The zero-order chi connectivity index (χ0) is 44.3. The fraction of sp³-hybridized carbons (Fsp3) is 0.0909. The van der Waals surface area contributed by atoms with Crippen molar-refractivity contribution in [2.75, 3.05) is 0 Å². The number of hydrogen-bond donors (Lipinski definition) is 0. The second-order valence-corrected chi connectivity index (χ2v) is 19.5. The van der Waals surface area contributed by atoms with Gasteiger partial charge in [-0.15, -0.1) is 0 Å². The molecule has 0 aromatic heterocycles. The maximum absolute atomic E-state index is 2.52. The minimum Gasteiger partial charge on any atom is -0.0622 e. The Morgan fingerprint density at radius 3 is 1.44 bits per heavy atom. The number of rotatable bonds is 5. The summed E-state index contributed by atoms with van der Waals surface area (Å²) in [7, 11) is 0. The summed E-state index contributed by atoms with van der Waals surface area (Å²) < 4.78 is 0. The van der Waals surface area contributed by atoms with Gasteiger partial charge in [0.05, 0.1) is 0 Å². The second kappa shape index (κ2) is 14.4. The standard InChI is InChI=1S/C66H48/c1-65(2)58-30-18-17-26-49(58)56-39-61-57(40-60(56)65)50-35-32-44(38-59(50)66(61,3)4)47-34-33-45(37-55(47)42-21-9-6-10-22-42)62-52-28-15-16-29-53(52)64(63-48-25-12-11-23-43(48)31-36-54(62)63)51-27-14-13-24-46(51)41-19-7-5-8-20-41/h5-40H,1-4H3. The zero-order valence-electron chi connectivity index (χ0n) is 37.8. The molecule has 0 nitrogen and oxygen atoms in total. The summed E-state index contributed by atoms with van der Waals surface area (Å²) in [6, 6.07) is 82.0. The highest BCUT2D eigenvalue weighted by atomic mass is 14.4. The number of fused-ring (bicyclic) bond motifs is 10. The van der Waals surface area contributed by atoms with Crippen LogP contribution < -0.4 is 0 Å². The fourth-order valence-corrected chi connectivity index (χ4v) is 12.0. The average molecular weight is 841 g/mol. The summed E-state index contributed by atoms with van der Waals surface area (Å²) >= 11 is 0. The van der Waals surface area contributed by atoms with Crippen molar-refractivity contribution < 1.29 is 0 Å². The Morgan fingerprint density at radius 2 is 0.727 bits per heavy atom. The quantitative estimate of drug-likeness (QED) is 0.120. The van der Waals surface area contributed by atoms with Crippen LogP contribution in [-0.4, -0.2) is 0 Å². The van der Waals surface area contributed by atoms with Crippen LogP contribution in [0.4, 0.5) is 0 Å². The van der Waals surface area contributed by atoms with Crippen LogP contribution in [0.5, 0.6) is 0 Å². The highest BCUT2D eigenvalue weighted by molar-refractivity contribution is 6.28. The van der Waals surface area contributed by atoms with Crippen LogP contribution in [0, 0.1) is 0 Å². The smallest absolute Gasteiger partial charge is 0.0159 e. The summed E-state index contributed by atoms with van der Waals surface area (Å²) in [6.07, 6.45) is 0. The van der Waals surface area contributed by atoms with Gasteiger partial charge in [0, 0.05) is 10.8 Å². The van der Waals surface area contributed by atoms with Crippen LogP contribution in [0.1, 0.15) is 49.9 Å². The van der Waals surface area contributed by atoms with E-state index in [1.807, 2.05) is 0 Å². The van der Waals surface area contributed by atoms with E-state index in [1.54, 1.807) is 0 Å². The highest BCUT2D eigenvalue weighted by Gasteiger charge is 2.41. The Morgan fingerprint density at radius 1 is 0.242 bits per heavy atom. The number of benzene rings is 11. The van der Waals surface area contributed by atoms with Crippen molar-refractivity contribution in [3.05, 3.63) is 241 Å². The molecule has 0 atom stereocenters. The molecular weight excluding hydrogens is 793 g/mol. The van der Waals surface area contributed by atoms with Gasteiger partial charge in [0.2, 0.25) is 0 Å². The molecule has 0 spiro atoms. The van der Waals surface area contributed by atoms with E-state index in [0.717, 1.165) is 0 Å². The normalized spacial score (nSPS) is 14.0. The molecule has 0 unspecified atom stereocenters. The van der Waals surface area contributed by atoms with E-state index in [1.165, 1.54) is 132 Å². The van der Waals surface area contributed by atoms with Crippen molar-refractivity contribution in [3.63, 3.8) is 0 Å². The molecule has 0 fully saturated rings. The number of hydrogen-bond acceptors (Lipinski definition) is 0. The summed E-state index contributed by atoms with van der Waals surface area (Å²) in [5, 5.41) is 7.55. The lowest BCUT2D eigenvalue weighted by atomic mass is 9.79. The van der Waals surface area contributed by atoms with Gasteiger partial charge < -0.3 is 0 Å². The van der Waals surface area contributed by atoms with Gasteiger partial charge in [-0.3, -0.25) is 0 Å². The zero-order valence-corrected chi connectivity index (χ0v) is 37.8. The van der Waals surface area contributed by atoms with E-state index in [2.05, 4.69) is 246 Å². The highest BCUT2D eigenvalue weighted by Crippen LogP contribution is 2.57. The Balaban J connectivity index is 1.03. The predicted octanol–water partition coefficient (Wildman–Crippen LogP) is 18.1. The van der Waals surface area contributed by atoms with E-state index >= 15 is 0 Å². The van der Waals surface area contributed by atoms with Gasteiger partial charge in [-0.25, -0.2) is 0 Å². The topological polar surface area (TPSA) is 0 Å². The van der Waals surface area contributed by atoms with Gasteiger partial charge in [-0.1, -0.05) is 222 Å². The Kier molecular flexibility index (Phi) is 8.40. The first kappa shape index (κ1) is 38.6. The van der Waals surface area contributed by atoms with Crippen molar-refractivity contribution in [2.45, 2.75) is 38.5 Å². The largest absolute Gasteiger partial charge is 0.0622 e. The minimum absolute atomic E-state index is 0.0448. The van der Waals surface area contributed by atoms with E-state index < -0.39 is 0 Å². The third-order valence-corrected chi connectivity index (χ3v) is 15.3. The molecule has 2 aliphatic rings. The molecule has 0 radical (unpaired) electrons. The van der Waals surface area contributed by atoms with Crippen LogP contribution in [0.15, 0.2) is 218 Å². The molecule has 66 heavy (non-hydrogen) atoms. The van der Waals surface area contributed by atoms with Crippen molar-refractivity contribution >= 4 is 32.3 Å². The molecule has 0 N–H and O–H groups in total. The van der Waals surface area contributed by atoms with Crippen molar-refractivity contribution in [1.29, 1.82) is 0 Å². The first-order valence-electron chi connectivity index (χ1n) is 23.4. The predicted molar refractivity (Wildman–Crippen MR) is 281 cm³/mol. The van der Waals surface area contributed by atoms with Gasteiger partial charge in [0.1, 0.15) is 0 Å². The molecule has 312 valence electrons. The molecule has 0 saturated carbocycles. The van der Waals surface area contributed by atoms with Crippen molar-refractivity contribution in [2.24, 2.45) is 0 Å². The molecule has 0 saturated heterocycles. The molecule has 2 aliphatic carbocycles. The Hall–Kier alpha value is -7.80. The minimum atomic E-state index is -0.161. The molecular formula is C66H48. The molecule has 11 aromatic carbocycles. The lowest BCUT2D eigenvalue weighted by molar-refractivity contribution is 0.652. The van der Waals surface area contributed by atoms with E-state index in [-0.39, 0.29) is 10.8 Å². The van der Waals surface area contributed by atoms with Crippen LogP contribution in [0.25, 0.3) is 110 Å². The van der Waals surface area contributed by atoms with Crippen molar-refractivity contribution in [1.82, 2.24) is 0 Å². The Labute approximate surface area is 387 Å². The second-order valence-electron chi connectivity index (χ2n) is 19.5. The first-order valence-corrected chi connectivity index (χ1v) is 23.4. The van der Waals surface area contributed by atoms with E-state index in [9.17, 15) is 0 Å². The lowest BCUT2D eigenvalue weighted by Crippen LogP contribution is -2.17. The van der Waals surface area contributed by atoms with Crippen LogP contribution >= 0.6 is 0 Å². The SMILES string of the molecule is CC1(C)c2ccccc2-c2cc3c(cc21)-c1ccc(-c2ccc(-c4c5ccccc5c(-c5ccccc5-c5ccccc5)c5c4ccc4ccccc45)cc2-c2ccccc2)cc1C3(C)C. The monoisotopic (exact) mass is 840 g/mol. The summed E-state index contributed by atoms with van der Waals surface area (Å²) in [4.78, 5) is 0.